The molecule has 96 valence electrons. The van der Waals surface area contributed by atoms with Crippen molar-refractivity contribution in [3.63, 3.8) is 0 Å². The third kappa shape index (κ3) is 1.49. The molecule has 20 heavy (non-hydrogen) atoms. The second-order valence-electron chi connectivity index (χ2n) is 4.70. The topological polar surface area (TPSA) is 30.2 Å². The predicted octanol–water partition coefficient (Wildman–Crippen LogP) is 4.75. The number of para-hydroxylation sites is 1. The molecule has 1 heterocycles. The van der Waals surface area contributed by atoms with Crippen LogP contribution < -0.4 is 5.43 Å². The molecule has 0 N–H and O–H groups in total. The molecule has 0 atom stereocenters. The zero-order chi connectivity index (χ0) is 13.7. The molecule has 0 unspecified atom stereocenters. The van der Waals surface area contributed by atoms with Gasteiger partial charge in [-0.1, -0.05) is 41.9 Å². The Labute approximate surface area is 119 Å². The first-order valence-electron chi connectivity index (χ1n) is 6.28. The van der Waals surface area contributed by atoms with Crippen LogP contribution in [0.15, 0.2) is 63.8 Å². The summed E-state index contributed by atoms with van der Waals surface area (Å²) in [5.41, 5.74) is 1.12. The van der Waals surface area contributed by atoms with Gasteiger partial charge in [0.2, 0.25) is 5.43 Å². The number of fused-ring (bicyclic) bond motifs is 4. The third-order valence-electron chi connectivity index (χ3n) is 3.54. The first-order valence-corrected chi connectivity index (χ1v) is 6.66. The van der Waals surface area contributed by atoms with Crippen molar-refractivity contribution in [3.05, 3.63) is 69.8 Å². The molecular weight excluding hydrogens is 272 g/mol. The van der Waals surface area contributed by atoms with Gasteiger partial charge in [0.25, 0.3) is 0 Å². The Morgan fingerprint density at radius 3 is 2.55 bits per heavy atom. The minimum atomic E-state index is -0.0412. The number of benzene rings is 3. The van der Waals surface area contributed by atoms with E-state index < -0.39 is 0 Å². The Kier molecular flexibility index (Phi) is 2.35. The van der Waals surface area contributed by atoms with Gasteiger partial charge < -0.3 is 4.42 Å². The summed E-state index contributed by atoms with van der Waals surface area (Å²) in [6.07, 6.45) is 0. The van der Waals surface area contributed by atoms with Crippen LogP contribution in [-0.2, 0) is 0 Å². The van der Waals surface area contributed by atoms with E-state index in [0.717, 1.165) is 10.8 Å². The molecule has 0 amide bonds. The van der Waals surface area contributed by atoms with Crippen LogP contribution in [0.2, 0.25) is 5.02 Å². The molecule has 0 saturated carbocycles. The van der Waals surface area contributed by atoms with E-state index in [1.807, 2.05) is 36.4 Å². The Morgan fingerprint density at radius 2 is 1.65 bits per heavy atom. The highest BCUT2D eigenvalue weighted by Gasteiger charge is 2.12. The first-order chi connectivity index (χ1) is 9.75. The lowest BCUT2D eigenvalue weighted by molar-refractivity contribution is 0.660. The average Bonchev–Trinajstić information content (AvgIpc) is 2.47. The second kappa shape index (κ2) is 4.09. The van der Waals surface area contributed by atoms with Gasteiger partial charge >= 0.3 is 0 Å². The third-order valence-corrected chi connectivity index (χ3v) is 3.85. The molecule has 4 rings (SSSR count). The molecule has 0 aliphatic heterocycles. The van der Waals surface area contributed by atoms with E-state index in [0.29, 0.717) is 27.0 Å². The van der Waals surface area contributed by atoms with Crippen LogP contribution in [0.25, 0.3) is 32.7 Å². The van der Waals surface area contributed by atoms with E-state index in [2.05, 4.69) is 0 Å². The minimum absolute atomic E-state index is 0.0412. The zero-order valence-corrected chi connectivity index (χ0v) is 11.1. The predicted molar refractivity (Wildman–Crippen MR) is 82.5 cm³/mol. The van der Waals surface area contributed by atoms with E-state index in [4.69, 9.17) is 16.0 Å². The number of hydrogen-bond acceptors (Lipinski definition) is 2. The lowest BCUT2D eigenvalue weighted by atomic mass is 10.0. The molecular formula is C17H9ClO2. The fourth-order valence-electron chi connectivity index (χ4n) is 2.62. The molecule has 0 spiro atoms. The van der Waals surface area contributed by atoms with Crippen LogP contribution in [0.3, 0.4) is 0 Å². The van der Waals surface area contributed by atoms with Crippen molar-refractivity contribution >= 4 is 44.3 Å². The van der Waals surface area contributed by atoms with Gasteiger partial charge in [-0.15, -0.1) is 0 Å². The summed E-state index contributed by atoms with van der Waals surface area (Å²) in [4.78, 5) is 12.7. The highest BCUT2D eigenvalue weighted by atomic mass is 35.5. The van der Waals surface area contributed by atoms with Gasteiger partial charge in [-0.3, -0.25) is 4.79 Å². The quantitative estimate of drug-likeness (QED) is 0.344. The smallest absolute Gasteiger partial charge is 0.201 e. The Morgan fingerprint density at radius 1 is 0.800 bits per heavy atom. The van der Waals surface area contributed by atoms with Crippen LogP contribution >= 0.6 is 11.6 Å². The number of halogens is 1. The summed E-state index contributed by atoms with van der Waals surface area (Å²) in [6, 6.07) is 16.6. The molecule has 2 nitrogen and oxygen atoms in total. The lowest BCUT2D eigenvalue weighted by Crippen LogP contribution is -2.02. The molecule has 0 aliphatic rings. The summed E-state index contributed by atoms with van der Waals surface area (Å²) in [5, 5.41) is 3.38. The SMILES string of the molecule is O=c1c2ccccc2oc2ccc3cccc(Cl)c3c12. The first kappa shape index (κ1) is 11.5. The summed E-state index contributed by atoms with van der Waals surface area (Å²) in [5.74, 6) is 0. The van der Waals surface area contributed by atoms with Crippen LogP contribution in [0.5, 0.6) is 0 Å². The molecule has 0 fully saturated rings. The molecule has 4 aromatic rings. The maximum Gasteiger partial charge on any atom is 0.201 e. The maximum absolute atomic E-state index is 12.7. The van der Waals surface area contributed by atoms with Gasteiger partial charge in [-0.2, -0.15) is 0 Å². The highest BCUT2D eigenvalue weighted by Crippen LogP contribution is 2.30. The van der Waals surface area contributed by atoms with Gasteiger partial charge in [0, 0.05) is 10.4 Å². The average molecular weight is 281 g/mol. The van der Waals surface area contributed by atoms with Crippen LogP contribution in [0.4, 0.5) is 0 Å². The molecule has 1 aromatic heterocycles. The number of rotatable bonds is 0. The van der Waals surface area contributed by atoms with E-state index in [-0.39, 0.29) is 5.43 Å². The lowest BCUT2D eigenvalue weighted by Gasteiger charge is -2.06. The standard InChI is InChI=1S/C17H9ClO2/c18-12-6-3-4-10-8-9-14-16(15(10)12)17(19)11-5-1-2-7-13(11)20-14/h1-9H. The fourth-order valence-corrected chi connectivity index (χ4v) is 2.90. The monoisotopic (exact) mass is 280 g/mol. The summed E-state index contributed by atoms with van der Waals surface area (Å²) in [6.45, 7) is 0. The van der Waals surface area contributed by atoms with Crippen LogP contribution in [0, 0.1) is 0 Å². The Hall–Kier alpha value is -2.32. The molecule has 3 aromatic carbocycles. The van der Waals surface area contributed by atoms with E-state index in [1.54, 1.807) is 18.2 Å². The van der Waals surface area contributed by atoms with Gasteiger partial charge in [0.15, 0.2) is 0 Å². The van der Waals surface area contributed by atoms with Gasteiger partial charge in [-0.25, -0.2) is 0 Å². The fraction of sp³-hybridized carbons (Fsp3) is 0. The largest absolute Gasteiger partial charge is 0.456 e. The van der Waals surface area contributed by atoms with Gasteiger partial charge in [0.1, 0.15) is 11.2 Å². The van der Waals surface area contributed by atoms with E-state index in [1.165, 1.54) is 0 Å². The summed E-state index contributed by atoms with van der Waals surface area (Å²) >= 11 is 6.28. The van der Waals surface area contributed by atoms with Crippen LogP contribution in [0.1, 0.15) is 0 Å². The van der Waals surface area contributed by atoms with Crippen molar-refractivity contribution in [2.24, 2.45) is 0 Å². The Bertz CT molecular complexity index is 1030. The van der Waals surface area contributed by atoms with Crippen molar-refractivity contribution in [2.45, 2.75) is 0 Å². The van der Waals surface area contributed by atoms with Crippen molar-refractivity contribution < 1.29 is 4.42 Å². The molecule has 3 heteroatoms. The highest BCUT2D eigenvalue weighted by molar-refractivity contribution is 6.37. The van der Waals surface area contributed by atoms with Crippen molar-refractivity contribution in [3.8, 4) is 0 Å². The van der Waals surface area contributed by atoms with E-state index >= 15 is 0 Å². The van der Waals surface area contributed by atoms with Crippen molar-refractivity contribution in [1.29, 1.82) is 0 Å². The van der Waals surface area contributed by atoms with Crippen LogP contribution in [-0.4, -0.2) is 0 Å². The van der Waals surface area contributed by atoms with Gasteiger partial charge in [-0.05, 0) is 29.7 Å². The summed E-state index contributed by atoms with van der Waals surface area (Å²) < 4.78 is 5.83. The molecule has 0 bridgehead atoms. The number of hydrogen-bond donors (Lipinski definition) is 0. The molecule has 0 saturated heterocycles. The Balaban J connectivity index is 2.39. The normalized spacial score (nSPS) is 11.4. The van der Waals surface area contributed by atoms with Gasteiger partial charge in [0.05, 0.1) is 10.8 Å². The maximum atomic E-state index is 12.7. The molecule has 0 aliphatic carbocycles. The molecule has 0 radical (unpaired) electrons. The van der Waals surface area contributed by atoms with Crippen molar-refractivity contribution in [2.75, 3.05) is 0 Å². The van der Waals surface area contributed by atoms with E-state index in [9.17, 15) is 4.79 Å². The second-order valence-corrected chi connectivity index (χ2v) is 5.11. The minimum Gasteiger partial charge on any atom is -0.456 e. The van der Waals surface area contributed by atoms with Crippen molar-refractivity contribution in [1.82, 2.24) is 0 Å². The zero-order valence-electron chi connectivity index (χ0n) is 10.4. The summed E-state index contributed by atoms with van der Waals surface area (Å²) in [7, 11) is 0.